The van der Waals surface area contributed by atoms with Gasteiger partial charge in [0.1, 0.15) is 25.3 Å². The fourth-order valence-corrected chi connectivity index (χ4v) is 2.89. The summed E-state index contributed by atoms with van der Waals surface area (Å²) in [7, 11) is 0. The monoisotopic (exact) mass is 387 g/mol. The third-order valence-corrected chi connectivity index (χ3v) is 4.21. The lowest BCUT2D eigenvalue weighted by atomic mass is 10.1. The van der Waals surface area contributed by atoms with Crippen LogP contribution in [0.3, 0.4) is 0 Å². The summed E-state index contributed by atoms with van der Waals surface area (Å²) in [6.45, 7) is 1.02. The molecule has 1 aliphatic heterocycles. The quantitative estimate of drug-likeness (QED) is 0.536. The maximum atomic E-state index is 11.5. The van der Waals surface area contributed by atoms with E-state index in [0.29, 0.717) is 36.0 Å². The van der Waals surface area contributed by atoms with Crippen molar-refractivity contribution in [2.75, 3.05) is 13.2 Å². The van der Waals surface area contributed by atoms with Gasteiger partial charge in [-0.1, -0.05) is 18.2 Å². The zero-order chi connectivity index (χ0) is 20.1. The lowest BCUT2D eigenvalue weighted by Gasteiger charge is -2.18. The molecular weight excluding hydrogens is 370 g/mol. The maximum absolute atomic E-state index is 11.5. The summed E-state index contributed by atoms with van der Waals surface area (Å²) in [5.74, 6) is 0.884. The van der Waals surface area contributed by atoms with Gasteiger partial charge in [-0.05, 0) is 30.3 Å². The molecule has 2 heterocycles. The molecule has 0 atom stereocenters. The van der Waals surface area contributed by atoms with Crippen LogP contribution in [0.1, 0.15) is 12.0 Å². The standard InChI is InChI=1S/C21H17N5O3/c22-9-8-20(27)24-23-13-16-14-26(17-4-2-1-3-5-17)25-21(16)15-6-7-18-19(12-15)29-11-10-28-18/h1-7,12-14H,8,10-11H2,(H,24,27)/b23-13+. The van der Waals surface area contributed by atoms with Crippen LogP contribution in [0.15, 0.2) is 59.8 Å². The summed E-state index contributed by atoms with van der Waals surface area (Å²) >= 11 is 0. The SMILES string of the molecule is N#CCC(=O)N/N=C/c1cn(-c2ccccc2)nc1-c1ccc2c(c1)OCCO2. The molecule has 0 aliphatic carbocycles. The van der Waals surface area contributed by atoms with Gasteiger partial charge in [-0.15, -0.1) is 0 Å². The van der Waals surface area contributed by atoms with Gasteiger partial charge in [0.05, 0.1) is 18.0 Å². The molecule has 29 heavy (non-hydrogen) atoms. The Bertz CT molecular complexity index is 1100. The molecule has 0 unspecified atom stereocenters. The zero-order valence-corrected chi connectivity index (χ0v) is 15.4. The third kappa shape index (κ3) is 4.09. The van der Waals surface area contributed by atoms with Crippen molar-refractivity contribution in [3.63, 3.8) is 0 Å². The number of fused-ring (bicyclic) bond motifs is 1. The molecule has 0 saturated carbocycles. The van der Waals surface area contributed by atoms with Crippen LogP contribution in [0.25, 0.3) is 16.9 Å². The summed E-state index contributed by atoms with van der Waals surface area (Å²) in [4.78, 5) is 11.5. The van der Waals surface area contributed by atoms with Crippen LogP contribution in [0.4, 0.5) is 0 Å². The van der Waals surface area contributed by atoms with Crippen molar-refractivity contribution < 1.29 is 14.3 Å². The molecular formula is C21H17N5O3. The lowest BCUT2D eigenvalue weighted by Crippen LogP contribution is -2.16. The molecule has 1 N–H and O–H groups in total. The Labute approximate surface area is 167 Å². The summed E-state index contributed by atoms with van der Waals surface area (Å²) in [5.41, 5.74) is 5.42. The predicted octanol–water partition coefficient (Wildman–Crippen LogP) is 2.67. The first-order valence-corrected chi connectivity index (χ1v) is 8.98. The fourth-order valence-electron chi connectivity index (χ4n) is 2.89. The molecule has 1 aliphatic rings. The first kappa shape index (κ1) is 18.3. The average molecular weight is 387 g/mol. The Morgan fingerprint density at radius 1 is 1.21 bits per heavy atom. The number of benzene rings is 2. The van der Waals surface area contributed by atoms with Crippen molar-refractivity contribution in [3.05, 3.63) is 60.3 Å². The molecule has 0 fully saturated rings. The van der Waals surface area contributed by atoms with E-state index in [9.17, 15) is 4.79 Å². The Hall–Kier alpha value is -4.12. The van der Waals surface area contributed by atoms with Crippen molar-refractivity contribution in [1.82, 2.24) is 15.2 Å². The largest absolute Gasteiger partial charge is 0.486 e. The Morgan fingerprint density at radius 3 is 2.79 bits per heavy atom. The van der Waals surface area contributed by atoms with Crippen molar-refractivity contribution in [1.29, 1.82) is 5.26 Å². The van der Waals surface area contributed by atoms with E-state index in [2.05, 4.69) is 10.5 Å². The second-order valence-corrected chi connectivity index (χ2v) is 6.20. The summed E-state index contributed by atoms with van der Waals surface area (Å²) < 4.78 is 13.0. The van der Waals surface area contributed by atoms with Crippen LogP contribution in [0, 0.1) is 11.3 Å². The van der Waals surface area contributed by atoms with Crippen molar-refractivity contribution in [2.45, 2.75) is 6.42 Å². The minimum atomic E-state index is -0.472. The highest BCUT2D eigenvalue weighted by atomic mass is 16.6. The topological polar surface area (TPSA) is 102 Å². The van der Waals surface area contributed by atoms with Gasteiger partial charge in [0.25, 0.3) is 5.91 Å². The number of carbonyl (C=O) groups excluding carboxylic acids is 1. The molecule has 0 radical (unpaired) electrons. The average Bonchev–Trinajstić information content (AvgIpc) is 3.18. The van der Waals surface area contributed by atoms with Crippen LogP contribution in [0.2, 0.25) is 0 Å². The minimum absolute atomic E-state index is 0.254. The van der Waals surface area contributed by atoms with Crippen LogP contribution >= 0.6 is 0 Å². The highest BCUT2D eigenvalue weighted by Gasteiger charge is 2.16. The van der Waals surface area contributed by atoms with E-state index >= 15 is 0 Å². The second kappa shape index (κ2) is 8.27. The number of nitriles is 1. The van der Waals surface area contributed by atoms with Crippen molar-refractivity contribution in [3.8, 4) is 34.5 Å². The number of ether oxygens (including phenoxy) is 2. The molecule has 0 bridgehead atoms. The van der Waals surface area contributed by atoms with E-state index in [-0.39, 0.29) is 6.42 Å². The molecule has 1 amide bonds. The molecule has 2 aromatic carbocycles. The van der Waals surface area contributed by atoms with E-state index < -0.39 is 5.91 Å². The van der Waals surface area contributed by atoms with Gasteiger partial charge in [-0.25, -0.2) is 10.1 Å². The predicted molar refractivity (Wildman–Crippen MR) is 106 cm³/mol. The number of rotatable bonds is 5. The van der Waals surface area contributed by atoms with E-state index in [1.165, 1.54) is 6.21 Å². The molecule has 144 valence electrons. The molecule has 8 heteroatoms. The number of carbonyl (C=O) groups is 1. The number of nitrogens with zero attached hydrogens (tertiary/aromatic N) is 4. The highest BCUT2D eigenvalue weighted by Crippen LogP contribution is 2.35. The maximum Gasteiger partial charge on any atom is 0.254 e. The first-order chi connectivity index (χ1) is 14.2. The van der Waals surface area contributed by atoms with Gasteiger partial charge in [0.15, 0.2) is 11.5 Å². The summed E-state index contributed by atoms with van der Waals surface area (Å²) in [6.07, 6.45) is 3.07. The minimum Gasteiger partial charge on any atom is -0.486 e. The lowest BCUT2D eigenvalue weighted by molar-refractivity contribution is -0.120. The normalized spacial score (nSPS) is 12.5. The number of hydrogen-bond acceptors (Lipinski definition) is 6. The van der Waals surface area contributed by atoms with Crippen LogP contribution in [-0.4, -0.2) is 35.1 Å². The third-order valence-electron chi connectivity index (χ3n) is 4.21. The van der Waals surface area contributed by atoms with Crippen LogP contribution in [-0.2, 0) is 4.79 Å². The van der Waals surface area contributed by atoms with Gasteiger partial charge in [0, 0.05) is 17.3 Å². The van der Waals surface area contributed by atoms with E-state index in [4.69, 9.17) is 19.8 Å². The zero-order valence-electron chi connectivity index (χ0n) is 15.4. The van der Waals surface area contributed by atoms with Crippen LogP contribution in [0.5, 0.6) is 11.5 Å². The number of hydrogen-bond donors (Lipinski definition) is 1. The van der Waals surface area contributed by atoms with Gasteiger partial charge in [-0.3, -0.25) is 4.79 Å². The van der Waals surface area contributed by atoms with Gasteiger partial charge in [0.2, 0.25) is 0 Å². The molecule has 4 rings (SSSR count). The number of para-hydroxylation sites is 1. The van der Waals surface area contributed by atoms with Gasteiger partial charge in [-0.2, -0.15) is 15.5 Å². The van der Waals surface area contributed by atoms with Crippen molar-refractivity contribution in [2.24, 2.45) is 5.10 Å². The number of amides is 1. The van der Waals surface area contributed by atoms with Crippen molar-refractivity contribution >= 4 is 12.1 Å². The number of aromatic nitrogens is 2. The Morgan fingerprint density at radius 2 is 2.00 bits per heavy atom. The molecule has 8 nitrogen and oxygen atoms in total. The van der Waals surface area contributed by atoms with E-state index in [1.807, 2.05) is 54.7 Å². The molecule has 0 saturated heterocycles. The van der Waals surface area contributed by atoms with Crippen LogP contribution < -0.4 is 14.9 Å². The molecule has 0 spiro atoms. The smallest absolute Gasteiger partial charge is 0.254 e. The second-order valence-electron chi connectivity index (χ2n) is 6.20. The first-order valence-electron chi connectivity index (χ1n) is 8.98. The number of hydrazone groups is 1. The molecule has 3 aromatic rings. The molecule has 1 aromatic heterocycles. The number of nitrogens with one attached hydrogen (secondary N) is 1. The summed E-state index contributed by atoms with van der Waals surface area (Å²) in [5, 5.41) is 17.2. The van der Waals surface area contributed by atoms with E-state index in [1.54, 1.807) is 10.8 Å². The summed E-state index contributed by atoms with van der Waals surface area (Å²) in [6, 6.07) is 17.1. The Balaban J connectivity index is 1.71. The van der Waals surface area contributed by atoms with Gasteiger partial charge >= 0.3 is 0 Å². The van der Waals surface area contributed by atoms with Gasteiger partial charge < -0.3 is 9.47 Å². The fraction of sp³-hybridized carbons (Fsp3) is 0.143. The van der Waals surface area contributed by atoms with E-state index in [0.717, 1.165) is 11.3 Å². The highest BCUT2D eigenvalue weighted by molar-refractivity contribution is 5.90. The Kier molecular flexibility index (Phi) is 5.21.